The van der Waals surface area contributed by atoms with Crippen LogP contribution >= 0.6 is 11.3 Å². The molecule has 4 nitrogen and oxygen atoms in total. The molecule has 60 heavy (non-hydrogen) atoms. The van der Waals surface area contributed by atoms with Gasteiger partial charge in [0, 0.05) is 53.0 Å². The molecule has 0 aliphatic rings. The summed E-state index contributed by atoms with van der Waals surface area (Å²) in [4.78, 5) is 15.2. The van der Waals surface area contributed by atoms with Gasteiger partial charge in [0.05, 0.1) is 12.3 Å². The predicted molar refractivity (Wildman–Crippen MR) is 250 cm³/mol. The third-order valence-electron chi connectivity index (χ3n) is 10.8. The molecule has 12 aromatic rings. The molecule has 0 amide bonds. The molecule has 9 aromatic carbocycles. The summed E-state index contributed by atoms with van der Waals surface area (Å²) in [6, 6.07) is 44.3. The van der Waals surface area contributed by atoms with Gasteiger partial charge >= 0.3 is 0 Å². The van der Waals surface area contributed by atoms with Crippen LogP contribution in [0.25, 0.3) is 120 Å². The lowest BCUT2D eigenvalue weighted by Gasteiger charge is -2.10. The largest absolute Gasteiger partial charge is 0.455 e. The van der Waals surface area contributed by atoms with Crippen LogP contribution in [0.1, 0.15) is 12.3 Å². The molecule has 0 fully saturated rings. The second-order valence-electron chi connectivity index (χ2n) is 14.5. The van der Waals surface area contributed by atoms with Crippen molar-refractivity contribution in [3.8, 4) is 67.5 Å². The zero-order valence-electron chi connectivity index (χ0n) is 40.5. The highest BCUT2D eigenvalue weighted by molar-refractivity contribution is 7.26. The van der Waals surface area contributed by atoms with Crippen molar-refractivity contribution in [2.75, 3.05) is 0 Å². The van der Waals surface area contributed by atoms with Gasteiger partial charge in [-0.3, -0.25) is 0 Å². The normalized spacial score (nSPS) is 13.8. The van der Waals surface area contributed by atoms with Crippen molar-refractivity contribution in [3.05, 3.63) is 200 Å². The summed E-state index contributed by atoms with van der Waals surface area (Å²) < 4.78 is 88.0. The molecule has 0 aliphatic carbocycles. The first-order chi connectivity index (χ1) is 33.5. The van der Waals surface area contributed by atoms with E-state index in [9.17, 15) is 4.11 Å². The second-order valence-corrected chi connectivity index (χ2v) is 15.5. The standard InChI is InChI=1S/C55H33N3OS/c1-3-11-34(12-4-1)35-21-23-38(24-22-35)53-56-54(58-55(57-53)42-27-29-46-48-20-10-19-44(36-13-5-2-6-14-36)52(48)60-50(46)33-42)41-17-9-16-39(31-41)40-26-28-45-47-30-25-37-15-7-8-18-43(37)51(47)59-49(45)32-40/h1-33H/i7D,8D,15D,18D,25D,26D,28D,30D,32D. The van der Waals surface area contributed by atoms with Crippen molar-refractivity contribution in [1.29, 1.82) is 0 Å². The lowest BCUT2D eigenvalue weighted by molar-refractivity contribution is 0.673. The Morgan fingerprint density at radius 2 is 1.05 bits per heavy atom. The van der Waals surface area contributed by atoms with Gasteiger partial charge in [0.25, 0.3) is 0 Å². The topological polar surface area (TPSA) is 51.8 Å². The molecule has 5 heteroatoms. The molecule has 12 rings (SSSR count). The van der Waals surface area contributed by atoms with Crippen molar-refractivity contribution in [2.45, 2.75) is 0 Å². The van der Waals surface area contributed by atoms with E-state index >= 15 is 0 Å². The fourth-order valence-electron chi connectivity index (χ4n) is 7.85. The molecule has 0 saturated carbocycles. The zero-order chi connectivity index (χ0) is 47.4. The number of nitrogens with zero attached hydrogens (tertiary/aromatic N) is 3. The fraction of sp³-hybridized carbons (Fsp3) is 0. The highest BCUT2D eigenvalue weighted by Crippen LogP contribution is 2.42. The number of furan rings is 1. The Bertz CT molecular complexity index is 4120. The maximum atomic E-state index is 9.47. The number of thiophene rings is 1. The number of fused-ring (bicyclic) bond motifs is 8. The first-order valence-electron chi connectivity index (χ1n) is 23.9. The van der Waals surface area contributed by atoms with E-state index in [1.165, 1.54) is 4.70 Å². The van der Waals surface area contributed by atoms with Crippen LogP contribution in [-0.2, 0) is 0 Å². The van der Waals surface area contributed by atoms with Crippen LogP contribution in [0.3, 0.4) is 0 Å². The lowest BCUT2D eigenvalue weighted by Crippen LogP contribution is -2.00. The van der Waals surface area contributed by atoms with Crippen molar-refractivity contribution < 1.29 is 16.8 Å². The van der Waals surface area contributed by atoms with Gasteiger partial charge in [-0.1, -0.05) is 170 Å². The molecular formula is C55H33N3OS. The SMILES string of the molecule is [2H]c1c([2H])c([2H])c2c(c1[2H])c([2H])c([2H])c1c2oc2c([2H])c(-c3cccc(-c4nc(-c5ccc(-c6ccccc6)cc5)nc(-c5ccc6c(c5)sc5c(-c7ccccc7)cccc56)n4)c3)c([2H])c([2H])c21. The molecule has 0 atom stereocenters. The third kappa shape index (κ3) is 5.86. The van der Waals surface area contributed by atoms with Gasteiger partial charge < -0.3 is 4.42 Å². The smallest absolute Gasteiger partial charge is 0.164 e. The summed E-state index contributed by atoms with van der Waals surface area (Å²) in [7, 11) is 0. The quantitative estimate of drug-likeness (QED) is 0.168. The van der Waals surface area contributed by atoms with Crippen molar-refractivity contribution in [1.82, 2.24) is 15.0 Å². The van der Waals surface area contributed by atoms with E-state index in [1.807, 2.05) is 72.8 Å². The molecule has 0 spiro atoms. The monoisotopic (exact) mass is 792 g/mol. The van der Waals surface area contributed by atoms with Gasteiger partial charge in [-0.15, -0.1) is 11.3 Å². The van der Waals surface area contributed by atoms with Gasteiger partial charge in [-0.2, -0.15) is 0 Å². The van der Waals surface area contributed by atoms with Gasteiger partial charge in [-0.05, 0) is 69.0 Å². The number of hydrogen-bond acceptors (Lipinski definition) is 5. The minimum absolute atomic E-state index is 0.0513. The van der Waals surface area contributed by atoms with Crippen molar-refractivity contribution in [3.63, 3.8) is 0 Å². The second kappa shape index (κ2) is 14.0. The van der Waals surface area contributed by atoms with E-state index in [1.54, 1.807) is 29.5 Å². The van der Waals surface area contributed by atoms with Crippen LogP contribution < -0.4 is 0 Å². The number of benzene rings is 9. The Kier molecular flexibility index (Phi) is 6.13. The van der Waals surface area contributed by atoms with Crippen LogP contribution in [0, 0.1) is 0 Å². The van der Waals surface area contributed by atoms with Crippen LogP contribution in [0.2, 0.25) is 0 Å². The Hall–Kier alpha value is -7.73. The van der Waals surface area contributed by atoms with Crippen LogP contribution in [-0.4, -0.2) is 15.0 Å². The molecule has 0 bridgehead atoms. The van der Waals surface area contributed by atoms with Gasteiger partial charge in [-0.25, -0.2) is 15.0 Å². The summed E-state index contributed by atoms with van der Waals surface area (Å²) in [5.41, 5.74) is 6.70. The summed E-state index contributed by atoms with van der Waals surface area (Å²) in [5, 5.41) is 1.86. The summed E-state index contributed by atoms with van der Waals surface area (Å²) in [6.45, 7) is 0. The Balaban J connectivity index is 1.02. The van der Waals surface area contributed by atoms with Crippen LogP contribution in [0.15, 0.2) is 204 Å². The van der Waals surface area contributed by atoms with E-state index < -0.39 is 36.3 Å². The van der Waals surface area contributed by atoms with E-state index in [4.69, 9.17) is 27.6 Å². The summed E-state index contributed by atoms with van der Waals surface area (Å²) in [5.74, 6) is 1.22. The molecule has 0 saturated heterocycles. The molecule has 3 aromatic heterocycles. The van der Waals surface area contributed by atoms with Crippen LogP contribution in [0.5, 0.6) is 0 Å². The maximum Gasteiger partial charge on any atom is 0.164 e. The molecule has 3 heterocycles. The molecule has 280 valence electrons. The molecule has 0 N–H and O–H groups in total. The predicted octanol–water partition coefficient (Wildman–Crippen LogP) is 15.3. The molecule has 0 unspecified atom stereocenters. The van der Waals surface area contributed by atoms with Gasteiger partial charge in [0.2, 0.25) is 0 Å². The highest BCUT2D eigenvalue weighted by Gasteiger charge is 2.17. The fourth-order valence-corrected chi connectivity index (χ4v) is 9.13. The highest BCUT2D eigenvalue weighted by atomic mass is 32.1. The van der Waals surface area contributed by atoms with Crippen LogP contribution in [0.4, 0.5) is 0 Å². The van der Waals surface area contributed by atoms with Crippen molar-refractivity contribution >= 4 is 64.2 Å². The lowest BCUT2D eigenvalue weighted by atomic mass is 10.0. The minimum Gasteiger partial charge on any atom is -0.455 e. The average Bonchev–Trinajstić information content (AvgIpc) is 3.98. The zero-order valence-corrected chi connectivity index (χ0v) is 32.3. The Labute approximate surface area is 362 Å². The maximum absolute atomic E-state index is 9.47. The first-order valence-corrected chi connectivity index (χ1v) is 20.2. The summed E-state index contributed by atoms with van der Waals surface area (Å²) in [6.07, 6.45) is 0. The Morgan fingerprint density at radius 1 is 0.417 bits per heavy atom. The number of hydrogen-bond donors (Lipinski definition) is 0. The molecule has 0 radical (unpaired) electrons. The first kappa shape index (κ1) is 26.3. The van der Waals surface area contributed by atoms with E-state index in [0.717, 1.165) is 48.9 Å². The minimum atomic E-state index is -0.554. The molecule has 0 aliphatic heterocycles. The van der Waals surface area contributed by atoms with E-state index in [0.29, 0.717) is 28.6 Å². The number of aromatic nitrogens is 3. The van der Waals surface area contributed by atoms with E-state index in [2.05, 4.69) is 54.6 Å². The van der Waals surface area contributed by atoms with Gasteiger partial charge in [0.1, 0.15) is 11.2 Å². The third-order valence-corrected chi connectivity index (χ3v) is 12.0. The van der Waals surface area contributed by atoms with Gasteiger partial charge in [0.15, 0.2) is 17.5 Å². The average molecular weight is 793 g/mol. The number of rotatable bonds is 6. The van der Waals surface area contributed by atoms with Crippen molar-refractivity contribution in [2.24, 2.45) is 0 Å². The Morgan fingerprint density at radius 3 is 1.87 bits per heavy atom. The molecular weight excluding hydrogens is 751 g/mol. The summed E-state index contributed by atoms with van der Waals surface area (Å²) >= 11 is 1.72. The van der Waals surface area contributed by atoms with E-state index in [-0.39, 0.29) is 56.4 Å².